The third-order valence-corrected chi connectivity index (χ3v) is 3.98. The van der Waals surface area contributed by atoms with Gasteiger partial charge in [0.25, 0.3) is 0 Å². The van der Waals surface area contributed by atoms with Gasteiger partial charge in [-0.1, -0.05) is 54.1 Å². The van der Waals surface area contributed by atoms with Crippen LogP contribution in [0.5, 0.6) is 0 Å². The van der Waals surface area contributed by atoms with Crippen molar-refractivity contribution in [1.29, 1.82) is 5.26 Å². The molecule has 0 aliphatic heterocycles. The molecule has 0 unspecified atom stereocenters. The molecule has 0 saturated heterocycles. The van der Waals surface area contributed by atoms with E-state index in [1.54, 1.807) is 6.07 Å². The highest BCUT2D eigenvalue weighted by Gasteiger charge is 2.12. The molecule has 2 rings (SSSR count). The fourth-order valence-corrected chi connectivity index (χ4v) is 2.33. The second-order valence-electron chi connectivity index (χ2n) is 3.87. The van der Waals surface area contributed by atoms with Gasteiger partial charge in [-0.3, -0.25) is 0 Å². The normalized spacial score (nSPS) is 11.6. The van der Waals surface area contributed by atoms with E-state index in [2.05, 4.69) is 22.0 Å². The molecule has 19 heavy (non-hydrogen) atoms. The van der Waals surface area contributed by atoms with Crippen LogP contribution in [0, 0.1) is 11.3 Å². The standard InChI is InChI=1S/C15H10BrClN2/c16-13-8-4-7-11(14(13)17)15(19)12(9-18)10-5-2-1-3-6-10/h1-8H,19H2/b15-12-. The number of nitrogens with zero attached hydrogens (tertiary/aromatic N) is 1. The van der Waals surface area contributed by atoms with Crippen LogP contribution in [0.3, 0.4) is 0 Å². The molecule has 94 valence electrons. The quantitative estimate of drug-likeness (QED) is 0.652. The van der Waals surface area contributed by atoms with Gasteiger partial charge in [-0.2, -0.15) is 5.26 Å². The van der Waals surface area contributed by atoms with Crippen molar-refractivity contribution < 1.29 is 0 Å². The Hall–Kier alpha value is -1.76. The number of rotatable bonds is 2. The Balaban J connectivity index is 2.63. The van der Waals surface area contributed by atoms with Gasteiger partial charge in [-0.15, -0.1) is 0 Å². The lowest BCUT2D eigenvalue weighted by atomic mass is 10.0. The molecular formula is C15H10BrClN2. The van der Waals surface area contributed by atoms with Gasteiger partial charge in [0.2, 0.25) is 0 Å². The maximum absolute atomic E-state index is 9.33. The molecule has 0 bridgehead atoms. The molecule has 0 fully saturated rings. The largest absolute Gasteiger partial charge is 0.397 e. The molecule has 2 N–H and O–H groups in total. The molecule has 2 nitrogen and oxygen atoms in total. The maximum Gasteiger partial charge on any atom is 0.102 e. The zero-order chi connectivity index (χ0) is 13.8. The lowest BCUT2D eigenvalue weighted by Crippen LogP contribution is -2.01. The van der Waals surface area contributed by atoms with E-state index in [0.29, 0.717) is 21.9 Å². The molecule has 0 atom stereocenters. The lowest BCUT2D eigenvalue weighted by molar-refractivity contribution is 1.47. The fraction of sp³-hybridized carbons (Fsp3) is 0. The van der Waals surface area contributed by atoms with Crippen molar-refractivity contribution in [2.75, 3.05) is 0 Å². The Labute approximate surface area is 125 Å². The first-order valence-electron chi connectivity index (χ1n) is 5.54. The summed E-state index contributed by atoms with van der Waals surface area (Å²) in [5, 5.41) is 9.83. The Bertz CT molecular complexity index is 672. The van der Waals surface area contributed by atoms with E-state index in [9.17, 15) is 5.26 Å². The van der Waals surface area contributed by atoms with E-state index in [1.165, 1.54) is 0 Å². The van der Waals surface area contributed by atoms with Crippen molar-refractivity contribution in [2.24, 2.45) is 5.73 Å². The van der Waals surface area contributed by atoms with E-state index in [1.807, 2.05) is 42.5 Å². The number of nitrogens with two attached hydrogens (primary N) is 1. The van der Waals surface area contributed by atoms with E-state index >= 15 is 0 Å². The zero-order valence-electron chi connectivity index (χ0n) is 9.90. The highest BCUT2D eigenvalue weighted by molar-refractivity contribution is 9.10. The minimum atomic E-state index is 0.375. The van der Waals surface area contributed by atoms with Gasteiger partial charge in [-0.25, -0.2) is 0 Å². The van der Waals surface area contributed by atoms with Crippen molar-refractivity contribution in [1.82, 2.24) is 0 Å². The van der Waals surface area contributed by atoms with Gasteiger partial charge in [0, 0.05) is 10.0 Å². The van der Waals surface area contributed by atoms with Crippen molar-refractivity contribution in [3.63, 3.8) is 0 Å². The topological polar surface area (TPSA) is 49.8 Å². The Morgan fingerprint density at radius 3 is 2.42 bits per heavy atom. The smallest absolute Gasteiger partial charge is 0.102 e. The van der Waals surface area contributed by atoms with Crippen LogP contribution >= 0.6 is 27.5 Å². The average molecular weight is 334 g/mol. The Kier molecular flexibility index (Phi) is 4.26. The Morgan fingerprint density at radius 1 is 1.11 bits per heavy atom. The van der Waals surface area contributed by atoms with Crippen LogP contribution in [0.4, 0.5) is 0 Å². The lowest BCUT2D eigenvalue weighted by Gasteiger charge is -2.09. The van der Waals surface area contributed by atoms with Gasteiger partial charge < -0.3 is 5.73 Å². The fourth-order valence-electron chi connectivity index (χ4n) is 1.73. The van der Waals surface area contributed by atoms with Gasteiger partial charge >= 0.3 is 0 Å². The van der Waals surface area contributed by atoms with Gasteiger partial charge in [0.1, 0.15) is 6.07 Å². The predicted molar refractivity (Wildman–Crippen MR) is 82.2 cm³/mol. The first-order valence-corrected chi connectivity index (χ1v) is 6.72. The number of hydrogen-bond donors (Lipinski definition) is 1. The van der Waals surface area contributed by atoms with Crippen molar-refractivity contribution in [3.05, 3.63) is 69.2 Å². The second-order valence-corrected chi connectivity index (χ2v) is 5.10. The molecule has 0 aliphatic rings. The average Bonchev–Trinajstić information content (AvgIpc) is 2.44. The second kappa shape index (κ2) is 5.92. The molecule has 2 aromatic carbocycles. The summed E-state index contributed by atoms with van der Waals surface area (Å²) in [6.07, 6.45) is 0. The van der Waals surface area contributed by atoms with E-state index in [0.717, 1.165) is 10.0 Å². The van der Waals surface area contributed by atoms with Gasteiger partial charge in [-0.05, 0) is 27.6 Å². The summed E-state index contributed by atoms with van der Waals surface area (Å²) in [5.41, 5.74) is 8.32. The minimum Gasteiger partial charge on any atom is -0.397 e. The van der Waals surface area contributed by atoms with E-state index < -0.39 is 0 Å². The summed E-state index contributed by atoms with van der Waals surface area (Å²) in [7, 11) is 0. The number of hydrogen-bond acceptors (Lipinski definition) is 2. The number of allylic oxidation sites excluding steroid dienone is 1. The molecule has 0 aromatic heterocycles. The number of halogens is 2. The van der Waals surface area contributed by atoms with Gasteiger partial charge in [0.05, 0.1) is 16.3 Å². The SMILES string of the molecule is N#C/C(=C(/N)c1cccc(Br)c1Cl)c1ccccc1. The highest BCUT2D eigenvalue weighted by atomic mass is 79.9. The van der Waals surface area contributed by atoms with E-state index in [4.69, 9.17) is 17.3 Å². The minimum absolute atomic E-state index is 0.375. The molecule has 0 aliphatic carbocycles. The van der Waals surface area contributed by atoms with Gasteiger partial charge in [0.15, 0.2) is 0 Å². The zero-order valence-corrected chi connectivity index (χ0v) is 12.2. The molecule has 0 saturated carbocycles. The van der Waals surface area contributed by atoms with Crippen LogP contribution in [0.15, 0.2) is 53.0 Å². The first-order chi connectivity index (χ1) is 9.15. The highest BCUT2D eigenvalue weighted by Crippen LogP contribution is 2.32. The van der Waals surface area contributed by atoms with Crippen LogP contribution < -0.4 is 5.73 Å². The summed E-state index contributed by atoms with van der Waals surface area (Å²) in [4.78, 5) is 0. The van der Waals surface area contributed by atoms with Crippen LogP contribution in [-0.2, 0) is 0 Å². The molecule has 0 heterocycles. The third kappa shape index (κ3) is 2.81. The third-order valence-electron chi connectivity index (χ3n) is 2.69. The van der Waals surface area contributed by atoms with E-state index in [-0.39, 0.29) is 0 Å². The van der Waals surface area contributed by atoms with Crippen LogP contribution in [0.1, 0.15) is 11.1 Å². The maximum atomic E-state index is 9.33. The first kappa shape index (κ1) is 13.7. The molecule has 4 heteroatoms. The number of benzene rings is 2. The molecular weight excluding hydrogens is 324 g/mol. The Morgan fingerprint density at radius 2 is 1.79 bits per heavy atom. The summed E-state index contributed by atoms with van der Waals surface area (Å²) in [6.45, 7) is 0. The number of nitriles is 1. The van der Waals surface area contributed by atoms with Crippen LogP contribution in [0.2, 0.25) is 5.02 Å². The molecule has 0 amide bonds. The van der Waals surface area contributed by atoms with Crippen molar-refractivity contribution in [3.8, 4) is 6.07 Å². The van der Waals surface area contributed by atoms with Crippen LogP contribution in [0.25, 0.3) is 11.3 Å². The summed E-state index contributed by atoms with van der Waals surface area (Å²) in [5.74, 6) is 0. The van der Waals surface area contributed by atoms with Crippen molar-refractivity contribution in [2.45, 2.75) is 0 Å². The van der Waals surface area contributed by atoms with Crippen molar-refractivity contribution >= 4 is 38.8 Å². The monoisotopic (exact) mass is 332 g/mol. The van der Waals surface area contributed by atoms with Crippen LogP contribution in [-0.4, -0.2) is 0 Å². The molecule has 0 radical (unpaired) electrons. The summed E-state index contributed by atoms with van der Waals surface area (Å²) < 4.78 is 0.750. The predicted octanol–water partition coefficient (Wildman–Crippen LogP) is 4.45. The summed E-state index contributed by atoms with van der Waals surface area (Å²) >= 11 is 9.55. The molecule has 0 spiro atoms. The summed E-state index contributed by atoms with van der Waals surface area (Å²) in [6, 6.07) is 16.9. The molecule has 2 aromatic rings.